The summed E-state index contributed by atoms with van der Waals surface area (Å²) in [4.78, 5) is 12.7. The molecule has 1 atom stereocenters. The molecule has 0 saturated heterocycles. The maximum atomic E-state index is 12.7. The van der Waals surface area contributed by atoms with E-state index in [0.717, 1.165) is 5.56 Å². The van der Waals surface area contributed by atoms with Gasteiger partial charge in [0.15, 0.2) is 5.78 Å². The fourth-order valence-corrected chi connectivity index (χ4v) is 2.39. The van der Waals surface area contributed by atoms with Crippen molar-refractivity contribution >= 4 is 5.78 Å². The van der Waals surface area contributed by atoms with Gasteiger partial charge in [0.25, 0.3) is 0 Å². The Hall–Kier alpha value is -2.09. The van der Waals surface area contributed by atoms with Gasteiger partial charge in [0.05, 0.1) is 11.0 Å². The summed E-state index contributed by atoms with van der Waals surface area (Å²) in [5.74, 6) is 0.825. The number of ketones is 1. The van der Waals surface area contributed by atoms with Crippen LogP contribution in [0.5, 0.6) is 5.75 Å². The van der Waals surface area contributed by atoms with Crippen molar-refractivity contribution < 1.29 is 9.53 Å². The molecular formula is C16H14O2. The largest absolute Gasteiger partial charge is 0.491 e. The highest BCUT2D eigenvalue weighted by Crippen LogP contribution is 2.36. The van der Waals surface area contributed by atoms with Crippen molar-refractivity contribution in [2.75, 3.05) is 6.61 Å². The van der Waals surface area contributed by atoms with E-state index >= 15 is 0 Å². The van der Waals surface area contributed by atoms with Crippen LogP contribution in [0.15, 0.2) is 54.6 Å². The Morgan fingerprint density at radius 3 is 2.44 bits per heavy atom. The molecule has 90 valence electrons. The normalized spacial score (nSPS) is 22.2. The Morgan fingerprint density at radius 2 is 1.67 bits per heavy atom. The summed E-state index contributed by atoms with van der Waals surface area (Å²) in [5, 5.41) is 0. The lowest BCUT2D eigenvalue weighted by molar-refractivity contribution is 0.0792. The summed E-state index contributed by atoms with van der Waals surface area (Å²) in [6.07, 6.45) is 0. The lowest BCUT2D eigenvalue weighted by atomic mass is 9.75. The molecule has 1 aliphatic heterocycles. The van der Waals surface area contributed by atoms with Gasteiger partial charge in [-0.05, 0) is 24.6 Å². The van der Waals surface area contributed by atoms with Crippen LogP contribution in [0.3, 0.4) is 0 Å². The Bertz CT molecular complexity index is 589. The molecule has 18 heavy (non-hydrogen) atoms. The second kappa shape index (κ2) is 3.98. The van der Waals surface area contributed by atoms with Crippen LogP contribution in [0.25, 0.3) is 0 Å². The highest BCUT2D eigenvalue weighted by atomic mass is 16.5. The zero-order valence-corrected chi connectivity index (χ0v) is 10.2. The summed E-state index contributed by atoms with van der Waals surface area (Å²) in [5.41, 5.74) is 1.09. The molecule has 1 unspecified atom stereocenters. The fraction of sp³-hybridized carbons (Fsp3) is 0.188. The van der Waals surface area contributed by atoms with E-state index in [1.54, 1.807) is 0 Å². The van der Waals surface area contributed by atoms with Gasteiger partial charge in [-0.3, -0.25) is 4.79 Å². The number of rotatable bonds is 1. The Morgan fingerprint density at radius 1 is 1.00 bits per heavy atom. The molecule has 1 heterocycles. The van der Waals surface area contributed by atoms with Gasteiger partial charge in [0.1, 0.15) is 12.4 Å². The van der Waals surface area contributed by atoms with Gasteiger partial charge in [0, 0.05) is 0 Å². The SMILES string of the molecule is CC1(c2ccccc2)COc2ccccc2C1=O. The monoisotopic (exact) mass is 238 g/mol. The molecular weight excluding hydrogens is 224 g/mol. The number of fused-ring (bicyclic) bond motifs is 1. The zero-order valence-electron chi connectivity index (χ0n) is 10.2. The van der Waals surface area contributed by atoms with Crippen LogP contribution in [0.2, 0.25) is 0 Å². The van der Waals surface area contributed by atoms with Gasteiger partial charge in [0.2, 0.25) is 0 Å². The number of hydrogen-bond donors (Lipinski definition) is 0. The lowest BCUT2D eigenvalue weighted by Gasteiger charge is -2.33. The maximum Gasteiger partial charge on any atom is 0.180 e. The van der Waals surface area contributed by atoms with Crippen molar-refractivity contribution in [2.45, 2.75) is 12.3 Å². The minimum absolute atomic E-state index is 0.135. The Kier molecular flexibility index (Phi) is 2.44. The van der Waals surface area contributed by atoms with Crippen molar-refractivity contribution in [3.63, 3.8) is 0 Å². The first-order valence-corrected chi connectivity index (χ1v) is 6.04. The van der Waals surface area contributed by atoms with Crippen LogP contribution in [0.4, 0.5) is 0 Å². The molecule has 1 aliphatic rings. The second-order valence-corrected chi connectivity index (χ2v) is 4.81. The molecule has 2 heteroatoms. The van der Waals surface area contributed by atoms with Gasteiger partial charge >= 0.3 is 0 Å². The van der Waals surface area contributed by atoms with E-state index in [1.807, 2.05) is 61.5 Å². The minimum Gasteiger partial charge on any atom is -0.491 e. The third-order valence-electron chi connectivity index (χ3n) is 3.56. The standard InChI is InChI=1S/C16H14O2/c1-16(12-7-3-2-4-8-12)11-18-14-10-6-5-9-13(14)15(16)17/h2-10H,11H2,1H3. The number of hydrogen-bond acceptors (Lipinski definition) is 2. The summed E-state index contributed by atoms with van der Waals surface area (Å²) >= 11 is 0. The molecule has 0 N–H and O–H groups in total. The van der Waals surface area contributed by atoms with Crippen LogP contribution in [0, 0.1) is 0 Å². The van der Waals surface area contributed by atoms with Gasteiger partial charge in [-0.15, -0.1) is 0 Å². The van der Waals surface area contributed by atoms with E-state index in [-0.39, 0.29) is 5.78 Å². The van der Waals surface area contributed by atoms with E-state index in [1.165, 1.54) is 0 Å². The molecule has 2 nitrogen and oxygen atoms in total. The maximum absolute atomic E-state index is 12.7. The molecule has 3 rings (SSSR count). The van der Waals surface area contributed by atoms with Gasteiger partial charge in [-0.25, -0.2) is 0 Å². The van der Waals surface area contributed by atoms with Crippen LogP contribution in [-0.2, 0) is 5.41 Å². The number of carbonyl (C=O) groups excluding carboxylic acids is 1. The fourth-order valence-electron chi connectivity index (χ4n) is 2.39. The quantitative estimate of drug-likeness (QED) is 0.762. The van der Waals surface area contributed by atoms with Gasteiger partial charge < -0.3 is 4.74 Å². The first kappa shape index (κ1) is 11.0. The first-order chi connectivity index (χ1) is 8.72. The molecule has 0 amide bonds. The van der Waals surface area contributed by atoms with Crippen molar-refractivity contribution in [2.24, 2.45) is 0 Å². The number of ether oxygens (including phenoxy) is 1. The average molecular weight is 238 g/mol. The van der Waals surface area contributed by atoms with Crippen LogP contribution < -0.4 is 4.74 Å². The van der Waals surface area contributed by atoms with E-state index in [0.29, 0.717) is 17.9 Å². The number of para-hydroxylation sites is 1. The minimum atomic E-state index is -0.588. The van der Waals surface area contributed by atoms with E-state index in [2.05, 4.69) is 0 Å². The first-order valence-electron chi connectivity index (χ1n) is 6.04. The van der Waals surface area contributed by atoms with Crippen molar-refractivity contribution in [1.29, 1.82) is 0 Å². The van der Waals surface area contributed by atoms with Crippen LogP contribution in [0.1, 0.15) is 22.8 Å². The summed E-state index contributed by atoms with van der Waals surface area (Å²) in [6.45, 7) is 2.34. The molecule has 0 spiro atoms. The topological polar surface area (TPSA) is 26.3 Å². The number of benzene rings is 2. The highest BCUT2D eigenvalue weighted by Gasteiger charge is 2.41. The molecule has 2 aromatic carbocycles. The van der Waals surface area contributed by atoms with Crippen LogP contribution >= 0.6 is 0 Å². The number of carbonyl (C=O) groups is 1. The smallest absolute Gasteiger partial charge is 0.180 e. The van der Waals surface area contributed by atoms with Gasteiger partial charge in [-0.2, -0.15) is 0 Å². The second-order valence-electron chi connectivity index (χ2n) is 4.81. The molecule has 0 radical (unpaired) electrons. The summed E-state index contributed by atoms with van der Waals surface area (Å²) < 4.78 is 5.74. The van der Waals surface area contributed by atoms with E-state index < -0.39 is 5.41 Å². The lowest BCUT2D eigenvalue weighted by Crippen LogP contribution is -2.42. The van der Waals surface area contributed by atoms with E-state index in [9.17, 15) is 4.79 Å². The molecule has 0 bridgehead atoms. The van der Waals surface area contributed by atoms with Crippen molar-refractivity contribution in [3.05, 3.63) is 65.7 Å². The summed E-state index contributed by atoms with van der Waals surface area (Å²) in [7, 11) is 0. The third-order valence-corrected chi connectivity index (χ3v) is 3.56. The Labute approximate surface area is 106 Å². The van der Waals surface area contributed by atoms with Crippen molar-refractivity contribution in [3.8, 4) is 5.75 Å². The van der Waals surface area contributed by atoms with Crippen molar-refractivity contribution in [1.82, 2.24) is 0 Å². The highest BCUT2D eigenvalue weighted by molar-refractivity contribution is 6.06. The predicted molar refractivity (Wildman–Crippen MR) is 70.1 cm³/mol. The molecule has 0 aromatic heterocycles. The average Bonchev–Trinajstić information content (AvgIpc) is 2.44. The number of Topliss-reactive ketones (excluding diaryl/α,β-unsaturated/α-hetero) is 1. The predicted octanol–water partition coefficient (Wildman–Crippen LogP) is 3.22. The molecule has 0 fully saturated rings. The third kappa shape index (κ3) is 1.53. The molecule has 2 aromatic rings. The summed E-state index contributed by atoms with van der Waals surface area (Å²) in [6, 6.07) is 17.3. The van der Waals surface area contributed by atoms with Gasteiger partial charge in [-0.1, -0.05) is 42.5 Å². The molecule has 0 saturated carbocycles. The molecule has 0 aliphatic carbocycles. The van der Waals surface area contributed by atoms with Crippen LogP contribution in [-0.4, -0.2) is 12.4 Å². The zero-order chi connectivity index (χ0) is 12.6. The Balaban J connectivity index is 2.10. The van der Waals surface area contributed by atoms with E-state index in [4.69, 9.17) is 4.74 Å².